The number of amides is 1. The standard InChI is InChI=1S/C18H21N5O2/c1-22-16-8-10-25-11-13(16)14(20-22)7-9-19-18(24)17-12-5-3-4-6-15(12)23(2)21-17/h3-6H,7-11H2,1-2H3,(H,19,24). The van der Waals surface area contributed by atoms with E-state index >= 15 is 0 Å². The van der Waals surface area contributed by atoms with Gasteiger partial charge in [0.25, 0.3) is 5.91 Å². The number of hydrogen-bond acceptors (Lipinski definition) is 4. The van der Waals surface area contributed by atoms with Gasteiger partial charge < -0.3 is 10.1 Å². The van der Waals surface area contributed by atoms with Crippen molar-refractivity contribution in [1.82, 2.24) is 24.9 Å². The van der Waals surface area contributed by atoms with Crippen LogP contribution in [0.4, 0.5) is 0 Å². The minimum atomic E-state index is -0.155. The molecule has 0 saturated carbocycles. The number of aromatic nitrogens is 4. The van der Waals surface area contributed by atoms with Crippen molar-refractivity contribution < 1.29 is 9.53 Å². The Morgan fingerprint density at radius 1 is 1.24 bits per heavy atom. The summed E-state index contributed by atoms with van der Waals surface area (Å²) in [6.45, 7) is 1.87. The normalized spacial score (nSPS) is 13.8. The third-order valence-corrected chi connectivity index (χ3v) is 4.71. The summed E-state index contributed by atoms with van der Waals surface area (Å²) >= 11 is 0. The van der Waals surface area contributed by atoms with Crippen molar-refractivity contribution in [3.63, 3.8) is 0 Å². The molecule has 3 aromatic rings. The largest absolute Gasteiger partial charge is 0.376 e. The molecule has 7 nitrogen and oxygen atoms in total. The zero-order valence-electron chi connectivity index (χ0n) is 14.5. The maximum Gasteiger partial charge on any atom is 0.272 e. The average molecular weight is 339 g/mol. The van der Waals surface area contributed by atoms with Crippen LogP contribution in [-0.2, 0) is 38.3 Å². The van der Waals surface area contributed by atoms with Crippen LogP contribution in [0.3, 0.4) is 0 Å². The lowest BCUT2D eigenvalue weighted by Gasteiger charge is -2.13. The predicted octanol–water partition coefficient (Wildman–Crippen LogP) is 1.35. The van der Waals surface area contributed by atoms with Gasteiger partial charge in [0.15, 0.2) is 5.69 Å². The highest BCUT2D eigenvalue weighted by molar-refractivity contribution is 6.04. The van der Waals surface area contributed by atoms with E-state index in [2.05, 4.69) is 15.5 Å². The summed E-state index contributed by atoms with van der Waals surface area (Å²) in [4.78, 5) is 12.5. The van der Waals surface area contributed by atoms with Crippen molar-refractivity contribution >= 4 is 16.8 Å². The monoisotopic (exact) mass is 339 g/mol. The van der Waals surface area contributed by atoms with Gasteiger partial charge in [-0.15, -0.1) is 0 Å². The quantitative estimate of drug-likeness (QED) is 0.779. The molecule has 1 aromatic carbocycles. The topological polar surface area (TPSA) is 74.0 Å². The predicted molar refractivity (Wildman–Crippen MR) is 93.3 cm³/mol. The smallest absolute Gasteiger partial charge is 0.272 e. The third kappa shape index (κ3) is 2.80. The van der Waals surface area contributed by atoms with E-state index in [0.717, 1.165) is 29.6 Å². The molecule has 2 aromatic heterocycles. The molecule has 1 aliphatic rings. The van der Waals surface area contributed by atoms with Crippen LogP contribution in [0.5, 0.6) is 0 Å². The van der Waals surface area contributed by atoms with Crippen LogP contribution < -0.4 is 5.32 Å². The number of nitrogens with zero attached hydrogens (tertiary/aromatic N) is 4. The Morgan fingerprint density at radius 2 is 2.08 bits per heavy atom. The van der Waals surface area contributed by atoms with E-state index in [1.54, 1.807) is 4.68 Å². The summed E-state index contributed by atoms with van der Waals surface area (Å²) in [5.74, 6) is -0.155. The van der Waals surface area contributed by atoms with Crippen molar-refractivity contribution in [2.24, 2.45) is 14.1 Å². The Kier molecular flexibility index (Phi) is 4.01. The van der Waals surface area contributed by atoms with Crippen molar-refractivity contribution in [2.75, 3.05) is 13.2 Å². The summed E-state index contributed by atoms with van der Waals surface area (Å²) in [5.41, 5.74) is 4.83. The zero-order chi connectivity index (χ0) is 17.4. The molecule has 25 heavy (non-hydrogen) atoms. The van der Waals surface area contributed by atoms with Crippen LogP contribution in [-0.4, -0.2) is 38.6 Å². The molecule has 4 rings (SSSR count). The molecule has 3 heterocycles. The fraction of sp³-hybridized carbons (Fsp3) is 0.389. The summed E-state index contributed by atoms with van der Waals surface area (Å²) in [5, 5.41) is 12.8. The number of aryl methyl sites for hydroxylation is 2. The van der Waals surface area contributed by atoms with Crippen LogP contribution in [0, 0.1) is 0 Å². The lowest BCUT2D eigenvalue weighted by atomic mass is 10.1. The van der Waals surface area contributed by atoms with Gasteiger partial charge in [-0.1, -0.05) is 18.2 Å². The van der Waals surface area contributed by atoms with Gasteiger partial charge in [-0.25, -0.2) is 0 Å². The second-order valence-electron chi connectivity index (χ2n) is 6.29. The van der Waals surface area contributed by atoms with Crippen molar-refractivity contribution in [1.29, 1.82) is 0 Å². The Morgan fingerprint density at radius 3 is 2.96 bits per heavy atom. The number of rotatable bonds is 4. The van der Waals surface area contributed by atoms with E-state index in [0.29, 0.717) is 25.3 Å². The van der Waals surface area contributed by atoms with Gasteiger partial charge >= 0.3 is 0 Å². The summed E-state index contributed by atoms with van der Waals surface area (Å²) < 4.78 is 9.21. The number of para-hydroxylation sites is 1. The zero-order valence-corrected chi connectivity index (χ0v) is 14.5. The molecule has 1 aliphatic heterocycles. The fourth-order valence-corrected chi connectivity index (χ4v) is 3.45. The molecule has 0 unspecified atom stereocenters. The minimum absolute atomic E-state index is 0.155. The van der Waals surface area contributed by atoms with Gasteiger partial charge in [0, 0.05) is 50.1 Å². The molecule has 0 saturated heterocycles. The van der Waals surface area contributed by atoms with Gasteiger partial charge in [0.2, 0.25) is 0 Å². The number of hydrogen-bond donors (Lipinski definition) is 1. The third-order valence-electron chi connectivity index (χ3n) is 4.71. The first-order valence-corrected chi connectivity index (χ1v) is 8.46. The summed E-state index contributed by atoms with van der Waals surface area (Å²) in [6, 6.07) is 7.74. The van der Waals surface area contributed by atoms with Crippen LogP contribution in [0.15, 0.2) is 24.3 Å². The van der Waals surface area contributed by atoms with Gasteiger partial charge in [0.05, 0.1) is 24.4 Å². The summed E-state index contributed by atoms with van der Waals surface area (Å²) in [7, 11) is 3.81. The second kappa shape index (κ2) is 6.33. The molecule has 130 valence electrons. The van der Waals surface area contributed by atoms with Gasteiger partial charge in [0.1, 0.15) is 0 Å². The molecule has 0 bridgehead atoms. The number of ether oxygens (including phenoxy) is 1. The molecule has 0 fully saturated rings. The number of nitrogens with one attached hydrogen (secondary N) is 1. The Bertz CT molecular complexity index is 940. The lowest BCUT2D eigenvalue weighted by molar-refractivity contribution is 0.0949. The summed E-state index contributed by atoms with van der Waals surface area (Å²) in [6.07, 6.45) is 1.58. The highest BCUT2D eigenvalue weighted by atomic mass is 16.5. The van der Waals surface area contributed by atoms with Gasteiger partial charge in [-0.05, 0) is 6.07 Å². The highest BCUT2D eigenvalue weighted by Crippen LogP contribution is 2.20. The van der Waals surface area contributed by atoms with Crippen molar-refractivity contribution in [3.8, 4) is 0 Å². The van der Waals surface area contributed by atoms with E-state index in [4.69, 9.17) is 4.74 Å². The molecule has 0 radical (unpaired) electrons. The molecular formula is C18H21N5O2. The Labute approximate surface area is 145 Å². The highest BCUT2D eigenvalue weighted by Gasteiger charge is 2.20. The average Bonchev–Trinajstić information content (AvgIpc) is 3.14. The number of carbonyl (C=O) groups is 1. The molecule has 0 aliphatic carbocycles. The van der Waals surface area contributed by atoms with Gasteiger partial charge in [-0.3, -0.25) is 14.2 Å². The maximum absolute atomic E-state index is 12.5. The van der Waals surface area contributed by atoms with Crippen LogP contribution in [0.1, 0.15) is 27.4 Å². The first-order valence-electron chi connectivity index (χ1n) is 8.46. The van der Waals surface area contributed by atoms with Crippen LogP contribution in [0.2, 0.25) is 0 Å². The molecule has 1 N–H and O–H groups in total. The molecule has 1 amide bonds. The first-order chi connectivity index (χ1) is 12.1. The van der Waals surface area contributed by atoms with Crippen LogP contribution >= 0.6 is 0 Å². The number of carbonyl (C=O) groups excluding carboxylic acids is 1. The van der Waals surface area contributed by atoms with Crippen molar-refractivity contribution in [3.05, 3.63) is 46.9 Å². The van der Waals surface area contributed by atoms with E-state index < -0.39 is 0 Å². The Hall–Kier alpha value is -2.67. The fourth-order valence-electron chi connectivity index (χ4n) is 3.45. The van der Waals surface area contributed by atoms with Gasteiger partial charge in [-0.2, -0.15) is 10.2 Å². The first kappa shape index (κ1) is 15.8. The SMILES string of the molecule is Cn1nc(CCNC(=O)c2nn(C)c3ccccc23)c2c1CCOC2. The molecular weight excluding hydrogens is 318 g/mol. The lowest BCUT2D eigenvalue weighted by Crippen LogP contribution is -2.26. The molecule has 0 spiro atoms. The van der Waals surface area contributed by atoms with Crippen molar-refractivity contribution in [2.45, 2.75) is 19.4 Å². The number of fused-ring (bicyclic) bond motifs is 2. The van der Waals surface area contributed by atoms with E-state index in [9.17, 15) is 4.79 Å². The second-order valence-corrected chi connectivity index (χ2v) is 6.29. The van der Waals surface area contributed by atoms with E-state index in [1.807, 2.05) is 43.0 Å². The molecule has 7 heteroatoms. The minimum Gasteiger partial charge on any atom is -0.376 e. The van der Waals surface area contributed by atoms with E-state index in [-0.39, 0.29) is 5.91 Å². The number of benzene rings is 1. The molecule has 0 atom stereocenters. The Balaban J connectivity index is 1.46. The maximum atomic E-state index is 12.5. The van der Waals surface area contributed by atoms with Crippen LogP contribution in [0.25, 0.3) is 10.9 Å². The van der Waals surface area contributed by atoms with E-state index in [1.165, 1.54) is 11.3 Å².